The van der Waals surface area contributed by atoms with Gasteiger partial charge in [-0.1, -0.05) is 44.5 Å². The summed E-state index contributed by atoms with van der Waals surface area (Å²) in [6, 6.07) is 7.73. The van der Waals surface area contributed by atoms with Crippen LogP contribution in [0.1, 0.15) is 45.1 Å². The van der Waals surface area contributed by atoms with Gasteiger partial charge >= 0.3 is 0 Å². The topological polar surface area (TPSA) is 38.0 Å². The predicted molar refractivity (Wildman–Crippen MR) is 86.1 cm³/mol. The van der Waals surface area contributed by atoms with Crippen molar-refractivity contribution in [1.82, 2.24) is 5.32 Å². The van der Waals surface area contributed by atoms with Crippen molar-refractivity contribution in [3.05, 3.63) is 36.4 Å². The van der Waals surface area contributed by atoms with Crippen LogP contribution in [0.3, 0.4) is 0 Å². The molecule has 0 amide bonds. The normalized spacial score (nSPS) is 15.5. The maximum absolute atomic E-state index is 5.66. The maximum atomic E-state index is 5.66. The molecule has 0 unspecified atom stereocenters. The van der Waals surface area contributed by atoms with E-state index in [4.69, 9.17) is 5.73 Å². The Kier molecular flexibility index (Phi) is 7.27. The molecule has 3 N–H and O–H groups in total. The molecule has 1 heterocycles. The van der Waals surface area contributed by atoms with E-state index in [1.165, 1.54) is 38.8 Å². The lowest BCUT2D eigenvalue weighted by molar-refractivity contribution is 0.351. The zero-order chi connectivity index (χ0) is 14.1. The van der Waals surface area contributed by atoms with Crippen molar-refractivity contribution in [2.45, 2.75) is 39.5 Å². The predicted octanol–water partition coefficient (Wildman–Crippen LogP) is 4.09. The van der Waals surface area contributed by atoms with Crippen LogP contribution >= 0.6 is 0 Å². The molecule has 2 rings (SSSR count). The van der Waals surface area contributed by atoms with Gasteiger partial charge in [0.05, 0.1) is 0 Å². The molecule has 0 spiro atoms. The fraction of sp³-hybridized carbons (Fsp3) is 0.529. The van der Waals surface area contributed by atoms with Gasteiger partial charge in [0.25, 0.3) is 0 Å². The van der Waals surface area contributed by atoms with E-state index in [0.717, 1.165) is 22.7 Å². The lowest BCUT2D eigenvalue weighted by Crippen LogP contribution is -2.27. The molecule has 2 heteroatoms. The second kappa shape index (κ2) is 8.76. The first kappa shape index (κ1) is 15.8. The number of para-hydroxylation sites is 1. The van der Waals surface area contributed by atoms with Crippen molar-refractivity contribution in [1.29, 1.82) is 0 Å². The molecular formula is C17H28N2. The molecule has 0 bridgehead atoms. The fourth-order valence-electron chi connectivity index (χ4n) is 2.46. The molecule has 0 radical (unpaired) electrons. The van der Waals surface area contributed by atoms with Crippen molar-refractivity contribution in [2.24, 2.45) is 5.92 Å². The van der Waals surface area contributed by atoms with Gasteiger partial charge in [-0.2, -0.15) is 0 Å². The Balaban J connectivity index is 0.000000191. The number of nitrogens with one attached hydrogen (secondary N) is 1. The Morgan fingerprint density at radius 1 is 1.32 bits per heavy atom. The zero-order valence-electron chi connectivity index (χ0n) is 12.4. The number of benzene rings is 1. The van der Waals surface area contributed by atoms with E-state index < -0.39 is 0 Å². The van der Waals surface area contributed by atoms with Gasteiger partial charge in [0.15, 0.2) is 0 Å². The van der Waals surface area contributed by atoms with Crippen LogP contribution in [0.5, 0.6) is 0 Å². The Labute approximate surface area is 118 Å². The molecule has 1 aliphatic rings. The molecule has 1 fully saturated rings. The Bertz CT molecular complexity index is 376. The second-order valence-corrected chi connectivity index (χ2v) is 5.35. The van der Waals surface area contributed by atoms with Crippen LogP contribution in [0.4, 0.5) is 5.69 Å². The summed E-state index contributed by atoms with van der Waals surface area (Å²) in [6.07, 6.45) is 5.63. The largest absolute Gasteiger partial charge is 0.398 e. The first-order chi connectivity index (χ1) is 9.15. The highest BCUT2D eigenvalue weighted by molar-refractivity contribution is 5.71. The lowest BCUT2D eigenvalue weighted by atomic mass is 9.94. The summed E-state index contributed by atoms with van der Waals surface area (Å²) in [5.41, 5.74) is 8.52. The number of rotatable bonds is 3. The van der Waals surface area contributed by atoms with Crippen LogP contribution in [0.25, 0.3) is 5.57 Å². The highest BCUT2D eigenvalue weighted by Gasteiger charge is 2.10. The third kappa shape index (κ3) is 5.93. The molecule has 0 atom stereocenters. The molecule has 2 nitrogen and oxygen atoms in total. The third-order valence-electron chi connectivity index (χ3n) is 3.58. The monoisotopic (exact) mass is 260 g/mol. The van der Waals surface area contributed by atoms with E-state index in [0.29, 0.717) is 0 Å². The summed E-state index contributed by atoms with van der Waals surface area (Å²) in [6.45, 7) is 10.5. The molecule has 19 heavy (non-hydrogen) atoms. The highest BCUT2D eigenvalue weighted by atomic mass is 14.9. The van der Waals surface area contributed by atoms with Crippen LogP contribution in [-0.2, 0) is 0 Å². The van der Waals surface area contributed by atoms with Crippen molar-refractivity contribution in [2.75, 3.05) is 18.8 Å². The van der Waals surface area contributed by atoms with E-state index in [9.17, 15) is 0 Å². The van der Waals surface area contributed by atoms with Gasteiger partial charge in [-0.25, -0.2) is 0 Å². The Hall–Kier alpha value is -1.28. The molecule has 1 saturated heterocycles. The van der Waals surface area contributed by atoms with Crippen molar-refractivity contribution >= 4 is 11.3 Å². The summed E-state index contributed by atoms with van der Waals surface area (Å²) in [4.78, 5) is 0. The number of piperidine rings is 1. The minimum atomic E-state index is 0.801. The van der Waals surface area contributed by atoms with Crippen LogP contribution in [0.2, 0.25) is 0 Å². The van der Waals surface area contributed by atoms with E-state index in [1.54, 1.807) is 0 Å². The Morgan fingerprint density at radius 3 is 2.42 bits per heavy atom. The molecule has 0 aliphatic carbocycles. The van der Waals surface area contributed by atoms with Crippen molar-refractivity contribution in [3.8, 4) is 0 Å². The average Bonchev–Trinajstić information content (AvgIpc) is 2.41. The van der Waals surface area contributed by atoms with Gasteiger partial charge in [-0.05, 0) is 56.0 Å². The summed E-state index contributed by atoms with van der Waals surface area (Å²) in [5, 5.41) is 3.37. The number of hydrogen-bond acceptors (Lipinski definition) is 2. The van der Waals surface area contributed by atoms with Gasteiger partial charge in [-0.3, -0.25) is 0 Å². The summed E-state index contributed by atoms with van der Waals surface area (Å²) >= 11 is 0. The van der Waals surface area contributed by atoms with Crippen molar-refractivity contribution < 1.29 is 0 Å². The highest BCUT2D eigenvalue weighted by Crippen LogP contribution is 2.18. The van der Waals surface area contributed by atoms with Crippen LogP contribution in [-0.4, -0.2) is 13.1 Å². The summed E-state index contributed by atoms with van der Waals surface area (Å²) < 4.78 is 0. The molecule has 0 saturated carbocycles. The van der Waals surface area contributed by atoms with E-state index in [-0.39, 0.29) is 0 Å². The quantitative estimate of drug-likeness (QED) is 0.803. The van der Waals surface area contributed by atoms with Gasteiger partial charge in [0, 0.05) is 5.69 Å². The fourth-order valence-corrected chi connectivity index (χ4v) is 2.46. The van der Waals surface area contributed by atoms with Gasteiger partial charge in [0.2, 0.25) is 0 Å². The van der Waals surface area contributed by atoms with E-state index in [2.05, 4.69) is 18.8 Å². The molecule has 0 aromatic heterocycles. The minimum absolute atomic E-state index is 0.801. The van der Waals surface area contributed by atoms with Crippen LogP contribution in [0, 0.1) is 5.92 Å². The SMILES string of the molecule is C=C(C)c1ccccc1N.CCCC1CCNCC1. The first-order valence-corrected chi connectivity index (χ1v) is 7.36. The molecule has 1 aliphatic heterocycles. The number of nitrogen functional groups attached to an aromatic ring is 1. The zero-order valence-corrected chi connectivity index (χ0v) is 12.4. The van der Waals surface area contributed by atoms with Gasteiger partial charge in [0.1, 0.15) is 0 Å². The van der Waals surface area contributed by atoms with E-state index in [1.807, 2.05) is 31.2 Å². The minimum Gasteiger partial charge on any atom is -0.398 e. The number of nitrogens with two attached hydrogens (primary N) is 1. The first-order valence-electron chi connectivity index (χ1n) is 7.36. The van der Waals surface area contributed by atoms with E-state index >= 15 is 0 Å². The Morgan fingerprint density at radius 2 is 1.95 bits per heavy atom. The number of hydrogen-bond donors (Lipinski definition) is 2. The molecule has 106 valence electrons. The molecular weight excluding hydrogens is 232 g/mol. The van der Waals surface area contributed by atoms with Crippen LogP contribution < -0.4 is 11.1 Å². The average molecular weight is 260 g/mol. The summed E-state index contributed by atoms with van der Waals surface area (Å²) in [5.74, 6) is 1.04. The lowest BCUT2D eigenvalue weighted by Gasteiger charge is -2.21. The third-order valence-corrected chi connectivity index (χ3v) is 3.58. The van der Waals surface area contributed by atoms with Crippen LogP contribution in [0.15, 0.2) is 30.8 Å². The van der Waals surface area contributed by atoms with Gasteiger partial charge in [-0.15, -0.1) is 0 Å². The standard InChI is InChI=1S/C9H11N.C8H17N/c1-7(2)8-5-3-4-6-9(8)10;1-2-3-8-4-6-9-7-5-8/h3-6H,1,10H2,2H3;8-9H,2-7H2,1H3. The summed E-state index contributed by atoms with van der Waals surface area (Å²) in [7, 11) is 0. The second-order valence-electron chi connectivity index (χ2n) is 5.35. The number of anilines is 1. The van der Waals surface area contributed by atoms with Gasteiger partial charge < -0.3 is 11.1 Å². The smallest absolute Gasteiger partial charge is 0.0390 e. The molecule has 1 aromatic rings. The maximum Gasteiger partial charge on any atom is 0.0390 e. The molecule has 1 aromatic carbocycles. The van der Waals surface area contributed by atoms with Crippen molar-refractivity contribution in [3.63, 3.8) is 0 Å². The number of allylic oxidation sites excluding steroid dienone is 1.